The largest absolute Gasteiger partial charge is 0.355 e. The molecular formula is C11H15N3. The molecular weight excluding hydrogens is 174 g/mol. The van der Waals surface area contributed by atoms with Gasteiger partial charge in [0.05, 0.1) is 12.2 Å². The minimum Gasteiger partial charge on any atom is -0.355 e. The Morgan fingerprint density at radius 2 is 2.36 bits per heavy atom. The zero-order chi connectivity index (χ0) is 10.1. The zero-order valence-corrected chi connectivity index (χ0v) is 8.62. The lowest BCUT2D eigenvalue weighted by Gasteiger charge is -2.34. The van der Waals surface area contributed by atoms with Gasteiger partial charge in [0, 0.05) is 17.9 Å². The van der Waals surface area contributed by atoms with Crippen LogP contribution in [0, 0.1) is 0 Å². The molecule has 1 aliphatic rings. The maximum absolute atomic E-state index is 4.38. The van der Waals surface area contributed by atoms with Gasteiger partial charge in [-0.25, -0.2) is 4.98 Å². The summed E-state index contributed by atoms with van der Waals surface area (Å²) in [6.07, 6.45) is 1.82. The van der Waals surface area contributed by atoms with Crippen molar-refractivity contribution in [1.29, 1.82) is 0 Å². The van der Waals surface area contributed by atoms with Crippen molar-refractivity contribution in [2.45, 2.75) is 19.9 Å². The number of anilines is 2. The summed E-state index contributed by atoms with van der Waals surface area (Å²) >= 11 is 0. The van der Waals surface area contributed by atoms with Gasteiger partial charge >= 0.3 is 0 Å². The van der Waals surface area contributed by atoms with Crippen LogP contribution in [0.2, 0.25) is 0 Å². The number of hydrogen-bond donors (Lipinski definition) is 1. The van der Waals surface area contributed by atoms with Gasteiger partial charge in [-0.3, -0.25) is 0 Å². The molecule has 0 spiro atoms. The molecule has 0 aliphatic carbocycles. The van der Waals surface area contributed by atoms with Crippen molar-refractivity contribution >= 4 is 11.5 Å². The van der Waals surface area contributed by atoms with Crippen molar-refractivity contribution in [3.05, 3.63) is 30.6 Å². The number of hydrogen-bond acceptors (Lipinski definition) is 3. The van der Waals surface area contributed by atoms with E-state index >= 15 is 0 Å². The Labute approximate surface area is 84.5 Å². The maximum Gasteiger partial charge on any atom is 0.152 e. The van der Waals surface area contributed by atoms with Gasteiger partial charge < -0.3 is 10.2 Å². The van der Waals surface area contributed by atoms with Crippen LogP contribution in [0.3, 0.4) is 0 Å². The summed E-state index contributed by atoms with van der Waals surface area (Å²) in [7, 11) is 0. The molecule has 0 radical (unpaired) electrons. The first kappa shape index (κ1) is 9.06. The number of rotatable bonds is 1. The molecule has 0 bridgehead atoms. The molecule has 1 aliphatic heterocycles. The molecule has 14 heavy (non-hydrogen) atoms. The summed E-state index contributed by atoms with van der Waals surface area (Å²) in [6, 6.07) is 4.41. The van der Waals surface area contributed by atoms with Crippen LogP contribution in [0.15, 0.2) is 30.6 Å². The molecule has 1 aromatic rings. The average Bonchev–Trinajstić information content (AvgIpc) is 2.16. The highest BCUT2D eigenvalue weighted by atomic mass is 15.3. The van der Waals surface area contributed by atoms with Crippen LogP contribution in [0.1, 0.15) is 13.8 Å². The van der Waals surface area contributed by atoms with Crippen LogP contribution in [0.4, 0.5) is 11.5 Å². The second kappa shape index (κ2) is 3.33. The van der Waals surface area contributed by atoms with Crippen molar-refractivity contribution in [3.63, 3.8) is 0 Å². The minimum absolute atomic E-state index is 0.447. The van der Waals surface area contributed by atoms with Crippen LogP contribution in [-0.2, 0) is 0 Å². The van der Waals surface area contributed by atoms with E-state index in [2.05, 4.69) is 35.6 Å². The van der Waals surface area contributed by atoms with Gasteiger partial charge in [-0.2, -0.15) is 0 Å². The standard InChI is InChI=1S/C11H15N3/c1-8(2)14-7-9(3)13-10-5-4-6-12-11(10)14/h4-6,8,13H,3,7H2,1-2H3. The van der Waals surface area contributed by atoms with E-state index in [0.29, 0.717) is 6.04 Å². The first-order chi connectivity index (χ1) is 6.68. The van der Waals surface area contributed by atoms with E-state index in [1.54, 1.807) is 0 Å². The molecule has 0 saturated carbocycles. The first-order valence-electron chi connectivity index (χ1n) is 4.85. The molecule has 2 heterocycles. The second-order valence-electron chi connectivity index (χ2n) is 3.82. The third kappa shape index (κ3) is 1.45. The molecule has 0 unspecified atom stereocenters. The molecule has 3 heteroatoms. The predicted molar refractivity (Wildman–Crippen MR) is 59.5 cm³/mol. The minimum atomic E-state index is 0.447. The van der Waals surface area contributed by atoms with E-state index in [1.807, 2.05) is 18.3 Å². The molecule has 0 aromatic carbocycles. The number of pyridine rings is 1. The summed E-state index contributed by atoms with van der Waals surface area (Å²) in [4.78, 5) is 6.62. The third-order valence-electron chi connectivity index (χ3n) is 2.35. The second-order valence-corrected chi connectivity index (χ2v) is 3.82. The van der Waals surface area contributed by atoms with Crippen molar-refractivity contribution in [2.75, 3.05) is 16.8 Å². The normalized spacial score (nSPS) is 15.4. The average molecular weight is 189 g/mol. The number of aromatic nitrogens is 1. The van der Waals surface area contributed by atoms with Crippen LogP contribution in [-0.4, -0.2) is 17.6 Å². The summed E-state index contributed by atoms with van der Waals surface area (Å²) in [5, 5.41) is 3.25. The maximum atomic E-state index is 4.38. The van der Waals surface area contributed by atoms with Gasteiger partial charge in [0.2, 0.25) is 0 Å². The van der Waals surface area contributed by atoms with Crippen molar-refractivity contribution in [3.8, 4) is 0 Å². The Balaban J connectivity index is 2.43. The molecule has 1 N–H and O–H groups in total. The lowest BCUT2D eigenvalue weighted by Crippen LogP contribution is -2.38. The zero-order valence-electron chi connectivity index (χ0n) is 8.62. The SMILES string of the molecule is C=C1CN(C(C)C)c2ncccc2N1. The Morgan fingerprint density at radius 1 is 1.57 bits per heavy atom. The fourth-order valence-electron chi connectivity index (χ4n) is 1.66. The number of fused-ring (bicyclic) bond motifs is 1. The topological polar surface area (TPSA) is 28.2 Å². The van der Waals surface area contributed by atoms with E-state index in [0.717, 1.165) is 23.7 Å². The highest BCUT2D eigenvalue weighted by molar-refractivity contribution is 5.71. The van der Waals surface area contributed by atoms with Gasteiger partial charge in [-0.1, -0.05) is 6.58 Å². The molecule has 2 rings (SSSR count). The molecule has 0 saturated heterocycles. The van der Waals surface area contributed by atoms with Gasteiger partial charge in [0.15, 0.2) is 5.82 Å². The Kier molecular flexibility index (Phi) is 2.15. The third-order valence-corrected chi connectivity index (χ3v) is 2.35. The summed E-state index contributed by atoms with van der Waals surface area (Å²) in [6.45, 7) is 9.13. The summed E-state index contributed by atoms with van der Waals surface area (Å²) in [5.74, 6) is 1.02. The number of nitrogens with one attached hydrogen (secondary N) is 1. The van der Waals surface area contributed by atoms with Gasteiger partial charge in [-0.05, 0) is 26.0 Å². The van der Waals surface area contributed by atoms with E-state index in [1.165, 1.54) is 0 Å². The van der Waals surface area contributed by atoms with Crippen molar-refractivity contribution < 1.29 is 0 Å². The molecule has 1 aromatic heterocycles. The molecule has 74 valence electrons. The monoisotopic (exact) mass is 189 g/mol. The quantitative estimate of drug-likeness (QED) is 0.734. The van der Waals surface area contributed by atoms with Gasteiger partial charge in [0.25, 0.3) is 0 Å². The van der Waals surface area contributed by atoms with E-state index in [4.69, 9.17) is 0 Å². The molecule has 0 amide bonds. The first-order valence-corrected chi connectivity index (χ1v) is 4.85. The van der Waals surface area contributed by atoms with Crippen molar-refractivity contribution in [1.82, 2.24) is 4.98 Å². The summed E-state index contributed by atoms with van der Waals surface area (Å²) in [5.41, 5.74) is 2.08. The molecule has 3 nitrogen and oxygen atoms in total. The lowest BCUT2D eigenvalue weighted by molar-refractivity contribution is 0.695. The van der Waals surface area contributed by atoms with E-state index in [-0.39, 0.29) is 0 Å². The fraction of sp³-hybridized carbons (Fsp3) is 0.364. The number of nitrogens with zero attached hydrogens (tertiary/aromatic N) is 2. The van der Waals surface area contributed by atoms with Crippen molar-refractivity contribution in [2.24, 2.45) is 0 Å². The van der Waals surface area contributed by atoms with Crippen LogP contribution >= 0.6 is 0 Å². The highest BCUT2D eigenvalue weighted by Crippen LogP contribution is 2.29. The van der Waals surface area contributed by atoms with E-state index < -0.39 is 0 Å². The predicted octanol–water partition coefficient (Wildman–Crippen LogP) is 2.24. The highest BCUT2D eigenvalue weighted by Gasteiger charge is 2.21. The Bertz CT molecular complexity index is 357. The molecule has 0 fully saturated rings. The van der Waals surface area contributed by atoms with Crippen LogP contribution < -0.4 is 10.2 Å². The smallest absolute Gasteiger partial charge is 0.152 e. The van der Waals surface area contributed by atoms with E-state index in [9.17, 15) is 0 Å². The Hall–Kier alpha value is -1.51. The van der Waals surface area contributed by atoms with Crippen LogP contribution in [0.25, 0.3) is 0 Å². The van der Waals surface area contributed by atoms with Gasteiger partial charge in [0.1, 0.15) is 0 Å². The fourth-order valence-corrected chi connectivity index (χ4v) is 1.66. The lowest BCUT2D eigenvalue weighted by atomic mass is 10.2. The molecule has 0 atom stereocenters. The van der Waals surface area contributed by atoms with Crippen LogP contribution in [0.5, 0.6) is 0 Å². The summed E-state index contributed by atoms with van der Waals surface area (Å²) < 4.78 is 0. The Morgan fingerprint density at radius 3 is 3.07 bits per heavy atom. The van der Waals surface area contributed by atoms with Gasteiger partial charge in [-0.15, -0.1) is 0 Å².